The summed E-state index contributed by atoms with van der Waals surface area (Å²) < 4.78 is 0. The molecule has 1 aliphatic heterocycles. The first kappa shape index (κ1) is 11.2. The summed E-state index contributed by atoms with van der Waals surface area (Å²) in [5.41, 5.74) is 0.983. The van der Waals surface area contributed by atoms with Gasteiger partial charge in [0.1, 0.15) is 0 Å². The molecule has 0 radical (unpaired) electrons. The van der Waals surface area contributed by atoms with Crippen molar-refractivity contribution in [3.63, 3.8) is 0 Å². The van der Waals surface area contributed by atoms with Crippen molar-refractivity contribution < 1.29 is 5.11 Å². The molecule has 3 aliphatic carbocycles. The highest BCUT2D eigenvalue weighted by atomic mass is 16.2. The summed E-state index contributed by atoms with van der Waals surface area (Å²) in [6.45, 7) is 0.818. The van der Waals surface area contributed by atoms with Crippen LogP contribution in [0.25, 0.3) is 0 Å². The van der Waals surface area contributed by atoms with Crippen LogP contribution in [0.1, 0.15) is 38.5 Å². The van der Waals surface area contributed by atoms with Crippen LogP contribution in [-0.4, -0.2) is 23.7 Å². The molecule has 0 aromatic rings. The quantitative estimate of drug-likeness (QED) is 0.576. The van der Waals surface area contributed by atoms with E-state index in [9.17, 15) is 5.11 Å². The average Bonchev–Trinajstić information content (AvgIpc) is 2.76. The van der Waals surface area contributed by atoms with Crippen LogP contribution in [0.15, 0.2) is 12.0 Å². The van der Waals surface area contributed by atoms with Crippen LogP contribution < -0.4 is 10.6 Å². The SMILES string of the molecule is OC=C1CNC2C3CCCC4CCCC(C2N1)C43. The Hall–Kier alpha value is -0.700. The van der Waals surface area contributed by atoms with Gasteiger partial charge in [-0.3, -0.25) is 0 Å². The first-order chi connectivity index (χ1) is 8.88. The zero-order chi connectivity index (χ0) is 12.1. The lowest BCUT2D eigenvalue weighted by Crippen LogP contribution is -2.55. The van der Waals surface area contributed by atoms with Gasteiger partial charge < -0.3 is 15.7 Å². The van der Waals surface area contributed by atoms with Crippen LogP contribution in [0.4, 0.5) is 0 Å². The third-order valence-corrected chi connectivity index (χ3v) is 6.10. The summed E-state index contributed by atoms with van der Waals surface area (Å²) in [4.78, 5) is 0. The zero-order valence-electron chi connectivity index (χ0n) is 10.9. The maximum absolute atomic E-state index is 9.23. The monoisotopic (exact) mass is 248 g/mol. The van der Waals surface area contributed by atoms with Gasteiger partial charge in [0.25, 0.3) is 0 Å². The van der Waals surface area contributed by atoms with Gasteiger partial charge in [-0.2, -0.15) is 0 Å². The molecule has 100 valence electrons. The highest BCUT2D eigenvalue weighted by Gasteiger charge is 2.55. The Morgan fingerprint density at radius 1 is 1.00 bits per heavy atom. The zero-order valence-corrected chi connectivity index (χ0v) is 10.9. The molecule has 4 rings (SSSR count). The van der Waals surface area contributed by atoms with E-state index in [2.05, 4.69) is 10.6 Å². The van der Waals surface area contributed by atoms with Gasteiger partial charge in [0, 0.05) is 18.6 Å². The molecule has 0 aromatic heterocycles. The molecule has 0 bridgehead atoms. The predicted molar refractivity (Wildman–Crippen MR) is 71.1 cm³/mol. The van der Waals surface area contributed by atoms with Crippen LogP contribution in [-0.2, 0) is 0 Å². The number of hydrogen-bond acceptors (Lipinski definition) is 3. The maximum atomic E-state index is 9.23. The van der Waals surface area contributed by atoms with Crippen molar-refractivity contribution in [1.82, 2.24) is 10.6 Å². The standard InChI is InChI=1S/C15H24N2O/c18-8-10-7-16-14-11-5-1-3-9-4-2-6-12(13(9)11)15(14)17-10/h8-9,11-18H,1-7H2. The smallest absolute Gasteiger partial charge is 0.0994 e. The third kappa shape index (κ3) is 1.46. The molecule has 4 fully saturated rings. The molecule has 0 aromatic carbocycles. The van der Waals surface area contributed by atoms with Gasteiger partial charge in [0.05, 0.1) is 12.0 Å². The Kier molecular flexibility index (Phi) is 2.58. The molecule has 4 aliphatic rings. The molecule has 0 spiro atoms. The Bertz CT molecular complexity index is 366. The Balaban J connectivity index is 1.65. The van der Waals surface area contributed by atoms with Crippen LogP contribution in [0, 0.1) is 23.7 Å². The molecule has 3 nitrogen and oxygen atoms in total. The summed E-state index contributed by atoms with van der Waals surface area (Å²) in [6.07, 6.45) is 9.87. The molecule has 0 amide bonds. The van der Waals surface area contributed by atoms with Crippen LogP contribution in [0.5, 0.6) is 0 Å². The van der Waals surface area contributed by atoms with Crippen molar-refractivity contribution in [1.29, 1.82) is 0 Å². The van der Waals surface area contributed by atoms with Crippen LogP contribution in [0.3, 0.4) is 0 Å². The topological polar surface area (TPSA) is 44.3 Å². The Morgan fingerprint density at radius 3 is 2.44 bits per heavy atom. The summed E-state index contributed by atoms with van der Waals surface area (Å²) >= 11 is 0. The van der Waals surface area contributed by atoms with Crippen molar-refractivity contribution in [2.45, 2.75) is 50.6 Å². The van der Waals surface area contributed by atoms with E-state index in [1.807, 2.05) is 0 Å². The molecule has 3 saturated carbocycles. The van der Waals surface area contributed by atoms with Gasteiger partial charge in [-0.1, -0.05) is 25.7 Å². The number of piperazine rings is 1. The van der Waals surface area contributed by atoms with Crippen molar-refractivity contribution >= 4 is 0 Å². The first-order valence-corrected chi connectivity index (χ1v) is 7.71. The molecule has 3 heteroatoms. The third-order valence-electron chi connectivity index (χ3n) is 6.10. The second-order valence-corrected chi connectivity index (χ2v) is 6.76. The van der Waals surface area contributed by atoms with Crippen molar-refractivity contribution in [2.24, 2.45) is 23.7 Å². The van der Waals surface area contributed by atoms with E-state index in [-0.39, 0.29) is 0 Å². The average molecular weight is 248 g/mol. The van der Waals surface area contributed by atoms with E-state index in [0.29, 0.717) is 12.1 Å². The number of aliphatic hydroxyl groups excluding tert-OH is 1. The highest BCUT2D eigenvalue weighted by molar-refractivity contribution is 5.16. The minimum absolute atomic E-state index is 0.577. The van der Waals surface area contributed by atoms with Gasteiger partial charge in [0.2, 0.25) is 0 Å². The predicted octanol–water partition coefficient (Wildman–Crippen LogP) is 2.16. The molecule has 18 heavy (non-hydrogen) atoms. The van der Waals surface area contributed by atoms with Crippen molar-refractivity contribution in [3.05, 3.63) is 12.0 Å². The second-order valence-electron chi connectivity index (χ2n) is 6.76. The van der Waals surface area contributed by atoms with Gasteiger partial charge in [-0.25, -0.2) is 0 Å². The Labute approximate surface area is 109 Å². The summed E-state index contributed by atoms with van der Waals surface area (Å²) in [5, 5.41) is 16.6. The first-order valence-electron chi connectivity index (χ1n) is 7.71. The summed E-state index contributed by atoms with van der Waals surface area (Å²) in [5.74, 6) is 3.70. The van der Waals surface area contributed by atoms with Gasteiger partial charge in [-0.05, 0) is 36.5 Å². The number of aliphatic hydroxyl groups is 1. The van der Waals surface area contributed by atoms with Crippen LogP contribution in [0.2, 0.25) is 0 Å². The minimum atomic E-state index is 0.577. The fourth-order valence-electron chi connectivity index (χ4n) is 5.58. The molecule has 6 atom stereocenters. The number of hydrogen-bond donors (Lipinski definition) is 3. The largest absolute Gasteiger partial charge is 0.514 e. The van der Waals surface area contributed by atoms with Gasteiger partial charge in [-0.15, -0.1) is 0 Å². The maximum Gasteiger partial charge on any atom is 0.0994 e. The van der Waals surface area contributed by atoms with E-state index < -0.39 is 0 Å². The summed E-state index contributed by atoms with van der Waals surface area (Å²) in [7, 11) is 0. The second kappa shape index (κ2) is 4.16. The molecule has 1 heterocycles. The number of rotatable bonds is 0. The molecule has 3 N–H and O–H groups in total. The fourth-order valence-corrected chi connectivity index (χ4v) is 5.58. The minimum Gasteiger partial charge on any atom is -0.514 e. The van der Waals surface area contributed by atoms with Gasteiger partial charge in [0.15, 0.2) is 0 Å². The summed E-state index contributed by atoms with van der Waals surface area (Å²) in [6, 6.07) is 1.23. The highest BCUT2D eigenvalue weighted by Crippen LogP contribution is 2.55. The molecule has 6 unspecified atom stereocenters. The lowest BCUT2D eigenvalue weighted by molar-refractivity contribution is 0.0878. The molecule has 1 saturated heterocycles. The Morgan fingerprint density at radius 2 is 1.72 bits per heavy atom. The van der Waals surface area contributed by atoms with Gasteiger partial charge >= 0.3 is 0 Å². The van der Waals surface area contributed by atoms with E-state index in [1.54, 1.807) is 0 Å². The van der Waals surface area contributed by atoms with Crippen molar-refractivity contribution in [3.8, 4) is 0 Å². The lowest BCUT2D eigenvalue weighted by atomic mass is 9.64. The van der Waals surface area contributed by atoms with Crippen molar-refractivity contribution in [2.75, 3.05) is 6.54 Å². The van der Waals surface area contributed by atoms with E-state index >= 15 is 0 Å². The van der Waals surface area contributed by atoms with E-state index in [4.69, 9.17) is 0 Å². The molecular formula is C15H24N2O. The van der Waals surface area contributed by atoms with Crippen LogP contribution >= 0.6 is 0 Å². The normalized spacial score (nSPS) is 52.6. The molecular weight excluding hydrogens is 224 g/mol. The number of nitrogens with one attached hydrogen (secondary N) is 2. The lowest BCUT2D eigenvalue weighted by Gasteiger charge is -2.41. The van der Waals surface area contributed by atoms with E-state index in [1.165, 1.54) is 44.8 Å². The van der Waals surface area contributed by atoms with E-state index in [0.717, 1.165) is 35.9 Å². The number of fused-ring (bicyclic) bond motifs is 3. The fraction of sp³-hybridized carbons (Fsp3) is 0.867.